The Kier molecular flexibility index (Phi) is 9.88. The minimum atomic E-state index is -3.55. The Morgan fingerprint density at radius 1 is 0.913 bits per heavy atom. The lowest BCUT2D eigenvalue weighted by atomic mass is 10.2. The number of nitrogens with zero attached hydrogens (tertiary/aromatic N) is 2. The Morgan fingerprint density at radius 2 is 1.52 bits per heavy atom. The second kappa shape index (κ2) is 11.1. The van der Waals surface area contributed by atoms with Crippen LogP contribution in [-0.4, -0.2) is 42.5 Å². The van der Waals surface area contributed by atoms with Crippen LogP contribution < -0.4 is 0 Å². The largest absolute Gasteiger partial charge is 0.478 e. The summed E-state index contributed by atoms with van der Waals surface area (Å²) < 4.78 is 29.6. The second-order valence-electron chi connectivity index (χ2n) is 5.62. The van der Waals surface area contributed by atoms with Crippen LogP contribution in [0, 0.1) is 0 Å². The molecule has 0 fully saturated rings. The molecule has 0 aromatic carbocycles. The Hall–Kier alpha value is -0.550. The van der Waals surface area contributed by atoms with Crippen LogP contribution in [0.2, 0.25) is 0 Å². The standard InChI is InChI=1S/C16H33N2O4P/c1-5-9-10-11-18-13-12-17(8-4)16(18)22-23(19,20-14-6-2)21-15-7-3/h12-13,16H,5-11,14-15H2,1-4H3. The minimum Gasteiger partial charge on any atom is -0.334 e. The number of hydrogen-bond donors (Lipinski definition) is 0. The molecule has 136 valence electrons. The van der Waals surface area contributed by atoms with Gasteiger partial charge in [-0.3, -0.25) is 9.05 Å². The van der Waals surface area contributed by atoms with Crippen LogP contribution in [0.25, 0.3) is 0 Å². The average molecular weight is 348 g/mol. The molecule has 1 atom stereocenters. The minimum absolute atomic E-state index is 0.364. The van der Waals surface area contributed by atoms with Gasteiger partial charge in [0, 0.05) is 25.5 Å². The number of phosphoric acid groups is 1. The van der Waals surface area contributed by atoms with Crippen molar-refractivity contribution < 1.29 is 18.1 Å². The molecule has 6 nitrogen and oxygen atoms in total. The molecule has 0 N–H and O–H groups in total. The van der Waals surface area contributed by atoms with E-state index in [2.05, 4.69) is 11.8 Å². The summed E-state index contributed by atoms with van der Waals surface area (Å²) in [5.41, 5.74) is 0. The van der Waals surface area contributed by atoms with E-state index in [-0.39, 0.29) is 0 Å². The molecule has 1 heterocycles. The third kappa shape index (κ3) is 6.84. The predicted molar refractivity (Wildman–Crippen MR) is 92.7 cm³/mol. The third-order valence-corrected chi connectivity index (χ3v) is 4.98. The molecule has 1 aliphatic rings. The first-order valence-electron chi connectivity index (χ1n) is 8.87. The number of phosphoric ester groups is 1. The summed E-state index contributed by atoms with van der Waals surface area (Å²) in [4.78, 5) is 4.07. The Morgan fingerprint density at radius 3 is 2.04 bits per heavy atom. The Labute approximate surface area is 141 Å². The van der Waals surface area contributed by atoms with E-state index in [0.717, 1.165) is 38.8 Å². The summed E-state index contributed by atoms with van der Waals surface area (Å²) in [6.45, 7) is 10.5. The molecular weight excluding hydrogens is 315 g/mol. The molecule has 0 saturated heterocycles. The Bertz CT molecular complexity index is 380. The van der Waals surface area contributed by atoms with Crippen LogP contribution in [0.3, 0.4) is 0 Å². The molecule has 0 aromatic rings. The molecule has 0 spiro atoms. The Balaban J connectivity index is 2.72. The number of rotatable bonds is 13. The molecule has 0 saturated carbocycles. The zero-order valence-electron chi connectivity index (χ0n) is 15.1. The maximum Gasteiger partial charge on any atom is 0.478 e. The smallest absolute Gasteiger partial charge is 0.334 e. The molecule has 1 rings (SSSR count). The normalized spacial score (nSPS) is 18.2. The highest BCUT2D eigenvalue weighted by Gasteiger charge is 2.36. The molecule has 0 aliphatic carbocycles. The van der Waals surface area contributed by atoms with E-state index in [0.29, 0.717) is 13.2 Å². The predicted octanol–water partition coefficient (Wildman–Crippen LogP) is 4.55. The number of unbranched alkanes of at least 4 members (excludes halogenated alkanes) is 2. The van der Waals surface area contributed by atoms with E-state index in [1.807, 2.05) is 38.1 Å². The summed E-state index contributed by atoms with van der Waals surface area (Å²) in [5, 5.41) is 0. The number of hydrogen-bond acceptors (Lipinski definition) is 6. The molecule has 23 heavy (non-hydrogen) atoms. The zero-order chi connectivity index (χ0) is 17.1. The molecule has 1 unspecified atom stereocenters. The van der Waals surface area contributed by atoms with Crippen LogP contribution in [0.4, 0.5) is 0 Å². The highest BCUT2D eigenvalue weighted by molar-refractivity contribution is 7.48. The topological polar surface area (TPSA) is 51.2 Å². The molecule has 1 aliphatic heterocycles. The fraction of sp³-hybridized carbons (Fsp3) is 0.875. The highest BCUT2D eigenvalue weighted by atomic mass is 31.2. The van der Waals surface area contributed by atoms with Crippen LogP contribution in [0.15, 0.2) is 12.4 Å². The van der Waals surface area contributed by atoms with E-state index in [4.69, 9.17) is 13.6 Å². The van der Waals surface area contributed by atoms with E-state index in [1.54, 1.807) is 0 Å². The van der Waals surface area contributed by atoms with E-state index >= 15 is 0 Å². The van der Waals surface area contributed by atoms with Crippen LogP contribution in [-0.2, 0) is 18.1 Å². The van der Waals surface area contributed by atoms with E-state index in [1.165, 1.54) is 6.42 Å². The van der Waals surface area contributed by atoms with Crippen LogP contribution in [0.1, 0.15) is 59.8 Å². The first kappa shape index (κ1) is 20.5. The summed E-state index contributed by atoms with van der Waals surface area (Å²) >= 11 is 0. The molecule has 0 amide bonds. The fourth-order valence-corrected chi connectivity index (χ4v) is 3.72. The summed E-state index contributed by atoms with van der Waals surface area (Å²) in [7, 11) is -3.55. The summed E-state index contributed by atoms with van der Waals surface area (Å²) in [6.07, 6.45) is 8.49. The van der Waals surface area contributed by atoms with Gasteiger partial charge in [0.25, 0.3) is 0 Å². The molecular formula is C16H33N2O4P. The van der Waals surface area contributed by atoms with Gasteiger partial charge in [-0.05, 0) is 26.2 Å². The van der Waals surface area contributed by atoms with Gasteiger partial charge in [0.1, 0.15) is 0 Å². The zero-order valence-corrected chi connectivity index (χ0v) is 16.0. The van der Waals surface area contributed by atoms with Gasteiger partial charge in [0.05, 0.1) is 13.2 Å². The van der Waals surface area contributed by atoms with E-state index in [9.17, 15) is 4.57 Å². The van der Waals surface area contributed by atoms with Crippen molar-refractivity contribution in [3.05, 3.63) is 12.4 Å². The first-order chi connectivity index (χ1) is 11.1. The summed E-state index contributed by atoms with van der Waals surface area (Å²) in [6, 6.07) is 0. The average Bonchev–Trinajstić information content (AvgIpc) is 2.93. The van der Waals surface area contributed by atoms with Crippen molar-refractivity contribution in [2.75, 3.05) is 26.3 Å². The lowest BCUT2D eigenvalue weighted by molar-refractivity contribution is -0.0534. The van der Waals surface area contributed by atoms with Gasteiger partial charge in [-0.25, -0.2) is 9.09 Å². The van der Waals surface area contributed by atoms with Gasteiger partial charge in [0.15, 0.2) is 0 Å². The van der Waals surface area contributed by atoms with Crippen molar-refractivity contribution in [3.63, 3.8) is 0 Å². The van der Waals surface area contributed by atoms with Crippen molar-refractivity contribution in [1.82, 2.24) is 9.80 Å². The second-order valence-corrected chi connectivity index (χ2v) is 7.24. The van der Waals surface area contributed by atoms with Gasteiger partial charge in [-0.2, -0.15) is 0 Å². The molecule has 0 bridgehead atoms. The van der Waals surface area contributed by atoms with Gasteiger partial charge < -0.3 is 9.80 Å². The van der Waals surface area contributed by atoms with Gasteiger partial charge >= 0.3 is 7.82 Å². The maximum absolute atomic E-state index is 12.9. The lowest BCUT2D eigenvalue weighted by Crippen LogP contribution is -2.40. The van der Waals surface area contributed by atoms with Gasteiger partial charge in [-0.15, -0.1) is 0 Å². The van der Waals surface area contributed by atoms with Crippen molar-refractivity contribution in [2.45, 2.75) is 66.2 Å². The highest BCUT2D eigenvalue weighted by Crippen LogP contribution is 2.52. The molecule has 0 aromatic heterocycles. The summed E-state index contributed by atoms with van der Waals surface area (Å²) in [5.74, 6) is 0. The van der Waals surface area contributed by atoms with E-state index < -0.39 is 14.2 Å². The molecule has 0 radical (unpaired) electrons. The SMILES string of the molecule is CCCCCN1C=CN(CC)C1OP(=O)(OCCC)OCCC. The van der Waals surface area contributed by atoms with Crippen molar-refractivity contribution in [2.24, 2.45) is 0 Å². The maximum atomic E-state index is 12.9. The fourth-order valence-electron chi connectivity index (χ4n) is 2.24. The quantitative estimate of drug-likeness (QED) is 0.360. The lowest BCUT2D eigenvalue weighted by Gasteiger charge is -2.33. The van der Waals surface area contributed by atoms with Crippen molar-refractivity contribution in [1.29, 1.82) is 0 Å². The van der Waals surface area contributed by atoms with Gasteiger partial charge in [0.2, 0.25) is 6.35 Å². The third-order valence-electron chi connectivity index (χ3n) is 3.53. The van der Waals surface area contributed by atoms with Crippen LogP contribution >= 0.6 is 7.82 Å². The van der Waals surface area contributed by atoms with Crippen LogP contribution in [0.5, 0.6) is 0 Å². The van der Waals surface area contributed by atoms with Crippen molar-refractivity contribution in [3.8, 4) is 0 Å². The van der Waals surface area contributed by atoms with Gasteiger partial charge in [-0.1, -0.05) is 33.6 Å². The first-order valence-corrected chi connectivity index (χ1v) is 10.3. The monoisotopic (exact) mass is 348 g/mol. The molecule has 7 heteroatoms. The van der Waals surface area contributed by atoms with Crippen molar-refractivity contribution >= 4 is 7.82 Å².